The molecule has 9 nitrogen and oxygen atoms in total. The summed E-state index contributed by atoms with van der Waals surface area (Å²) >= 11 is 0. The lowest BCUT2D eigenvalue weighted by molar-refractivity contribution is -0.991. The van der Waals surface area contributed by atoms with E-state index in [4.69, 9.17) is 15.2 Å². The van der Waals surface area contributed by atoms with Crippen LogP contribution >= 0.6 is 0 Å². The van der Waals surface area contributed by atoms with Crippen molar-refractivity contribution in [3.05, 3.63) is 47.9 Å². The van der Waals surface area contributed by atoms with E-state index >= 15 is 0 Å². The molecule has 0 fully saturated rings. The number of fused-ring (bicyclic) bond motifs is 1. The SMILES string of the molecule is O=C(O)COn1c(-c2cccnc2)nc2ccc([NH+]([O-])O)cc21. The highest BCUT2D eigenvalue weighted by Crippen LogP contribution is 2.24. The van der Waals surface area contributed by atoms with Crippen LogP contribution in [0.1, 0.15) is 0 Å². The van der Waals surface area contributed by atoms with Crippen LogP contribution in [0, 0.1) is 5.21 Å². The monoisotopic (exact) mass is 316 g/mol. The van der Waals surface area contributed by atoms with Crippen molar-refractivity contribution >= 4 is 22.7 Å². The molecule has 0 aliphatic carbocycles. The Hall–Kier alpha value is -3.01. The van der Waals surface area contributed by atoms with Gasteiger partial charge in [-0.3, -0.25) is 4.98 Å². The molecular weight excluding hydrogens is 304 g/mol. The molecule has 0 spiro atoms. The average molecular weight is 316 g/mol. The van der Waals surface area contributed by atoms with Crippen LogP contribution in [0.2, 0.25) is 0 Å². The number of imidazole rings is 1. The minimum Gasteiger partial charge on any atom is -0.595 e. The number of aliphatic carboxylic acids is 1. The second-order valence-electron chi connectivity index (χ2n) is 4.65. The number of aromatic nitrogens is 3. The highest BCUT2D eigenvalue weighted by molar-refractivity contribution is 5.82. The Morgan fingerprint density at radius 2 is 2.22 bits per heavy atom. The van der Waals surface area contributed by atoms with E-state index in [0.29, 0.717) is 22.4 Å². The molecule has 0 aliphatic rings. The van der Waals surface area contributed by atoms with E-state index in [2.05, 4.69) is 9.97 Å². The number of nitrogens with one attached hydrogen (secondary N) is 1. The summed E-state index contributed by atoms with van der Waals surface area (Å²) < 4.78 is 1.22. The molecule has 9 heteroatoms. The lowest BCUT2D eigenvalue weighted by Gasteiger charge is -2.12. The topological polar surface area (TPSA) is 125 Å². The Balaban J connectivity index is 2.18. The first kappa shape index (κ1) is 14.9. The van der Waals surface area contributed by atoms with Gasteiger partial charge in [-0.1, -0.05) is 0 Å². The van der Waals surface area contributed by atoms with Crippen LogP contribution in [0.5, 0.6) is 0 Å². The van der Waals surface area contributed by atoms with Gasteiger partial charge >= 0.3 is 5.97 Å². The number of nitrogens with zero attached hydrogens (tertiary/aromatic N) is 3. The van der Waals surface area contributed by atoms with Crippen LogP contribution < -0.4 is 10.1 Å². The fraction of sp³-hybridized carbons (Fsp3) is 0.0714. The number of pyridine rings is 1. The number of rotatable bonds is 5. The van der Waals surface area contributed by atoms with Crippen molar-refractivity contribution in [2.24, 2.45) is 0 Å². The van der Waals surface area contributed by atoms with Gasteiger partial charge < -0.3 is 15.2 Å². The minimum atomic E-state index is -1.15. The van der Waals surface area contributed by atoms with Crippen LogP contribution in [0.25, 0.3) is 22.4 Å². The van der Waals surface area contributed by atoms with Crippen molar-refractivity contribution in [3.8, 4) is 11.4 Å². The molecule has 0 saturated heterocycles. The number of benzene rings is 1. The zero-order valence-corrected chi connectivity index (χ0v) is 11.7. The quantitative estimate of drug-likeness (QED) is 0.566. The Labute approximate surface area is 129 Å². The second kappa shape index (κ2) is 6.01. The molecule has 0 saturated carbocycles. The van der Waals surface area contributed by atoms with Crippen LogP contribution in [0.3, 0.4) is 0 Å². The van der Waals surface area contributed by atoms with E-state index in [9.17, 15) is 10.0 Å². The van der Waals surface area contributed by atoms with E-state index in [-0.39, 0.29) is 5.69 Å². The van der Waals surface area contributed by atoms with Crippen molar-refractivity contribution in [2.45, 2.75) is 0 Å². The van der Waals surface area contributed by atoms with Gasteiger partial charge in [0.2, 0.25) is 6.61 Å². The maximum absolute atomic E-state index is 11.1. The Bertz CT molecular complexity index is 847. The standard InChI is InChI=1S/C14H12N4O5/c19-13(20)8-23-17-12-6-10(18(21)22)3-4-11(12)16-14(17)9-2-1-5-15-7-9/h1-7,18,21H,8H2,(H,19,20). The summed E-state index contributed by atoms with van der Waals surface area (Å²) in [5.74, 6) is -0.810. The fourth-order valence-corrected chi connectivity index (χ4v) is 2.11. The lowest BCUT2D eigenvalue weighted by Crippen LogP contribution is -2.99. The molecule has 23 heavy (non-hydrogen) atoms. The van der Waals surface area contributed by atoms with Gasteiger partial charge in [-0.15, -0.1) is 0 Å². The van der Waals surface area contributed by atoms with E-state index in [1.54, 1.807) is 30.6 Å². The summed E-state index contributed by atoms with van der Waals surface area (Å²) in [6, 6.07) is 7.80. The molecule has 1 atom stereocenters. The lowest BCUT2D eigenvalue weighted by atomic mass is 10.3. The smallest absolute Gasteiger partial charge is 0.344 e. The Kier molecular flexibility index (Phi) is 3.89. The first-order chi connectivity index (χ1) is 11.1. The molecule has 0 aliphatic heterocycles. The van der Waals surface area contributed by atoms with Crippen LogP contribution in [-0.2, 0) is 4.79 Å². The fourth-order valence-electron chi connectivity index (χ4n) is 2.11. The molecule has 2 heterocycles. The third-order valence-electron chi connectivity index (χ3n) is 3.10. The maximum Gasteiger partial charge on any atom is 0.344 e. The molecule has 1 aromatic carbocycles. The van der Waals surface area contributed by atoms with Gasteiger partial charge in [0.15, 0.2) is 11.5 Å². The van der Waals surface area contributed by atoms with Gasteiger partial charge in [0.25, 0.3) is 0 Å². The van der Waals surface area contributed by atoms with Gasteiger partial charge in [0, 0.05) is 30.1 Å². The second-order valence-corrected chi connectivity index (χ2v) is 4.65. The third kappa shape index (κ3) is 2.97. The zero-order valence-electron chi connectivity index (χ0n) is 11.7. The summed E-state index contributed by atoms with van der Waals surface area (Å²) in [5.41, 5.74) is 1.52. The normalized spacial score (nSPS) is 12.3. The molecule has 3 aromatic rings. The maximum atomic E-state index is 11.1. The van der Waals surface area contributed by atoms with Crippen molar-refractivity contribution in [1.82, 2.24) is 14.7 Å². The van der Waals surface area contributed by atoms with Gasteiger partial charge in [-0.25, -0.2) is 15.0 Å². The number of carboxylic acid groups (broad SMARTS) is 1. The predicted molar refractivity (Wildman–Crippen MR) is 77.8 cm³/mol. The molecule has 118 valence electrons. The number of quaternary nitrogens is 1. The molecule has 1 unspecified atom stereocenters. The van der Waals surface area contributed by atoms with Gasteiger partial charge in [-0.05, 0) is 18.2 Å². The van der Waals surface area contributed by atoms with E-state index in [0.717, 1.165) is 0 Å². The molecular formula is C14H12N4O5. The van der Waals surface area contributed by atoms with Crippen LogP contribution in [0.15, 0.2) is 42.7 Å². The summed E-state index contributed by atoms with van der Waals surface area (Å²) in [5, 5.41) is 28.0. The van der Waals surface area contributed by atoms with Crippen molar-refractivity contribution in [2.75, 3.05) is 6.61 Å². The Morgan fingerprint density at radius 1 is 1.39 bits per heavy atom. The summed E-state index contributed by atoms with van der Waals surface area (Å²) in [7, 11) is 0. The first-order valence-corrected chi connectivity index (χ1v) is 6.57. The molecule has 0 bridgehead atoms. The number of carboxylic acids is 1. The Morgan fingerprint density at radius 3 is 2.87 bits per heavy atom. The molecule has 0 radical (unpaired) electrons. The summed E-state index contributed by atoms with van der Waals surface area (Å²) in [6.07, 6.45) is 3.15. The third-order valence-corrected chi connectivity index (χ3v) is 3.10. The highest BCUT2D eigenvalue weighted by atomic mass is 16.8. The van der Waals surface area contributed by atoms with E-state index < -0.39 is 17.8 Å². The molecule has 2 aromatic heterocycles. The van der Waals surface area contributed by atoms with E-state index in [1.165, 1.54) is 16.9 Å². The predicted octanol–water partition coefficient (Wildman–Crippen LogP) is 0.0149. The molecule has 0 amide bonds. The van der Waals surface area contributed by atoms with Crippen LogP contribution in [-0.4, -0.2) is 37.6 Å². The van der Waals surface area contributed by atoms with Crippen molar-refractivity contribution in [3.63, 3.8) is 0 Å². The average Bonchev–Trinajstić information content (AvgIpc) is 2.91. The largest absolute Gasteiger partial charge is 0.595 e. The minimum absolute atomic E-state index is 0.0512. The highest BCUT2D eigenvalue weighted by Gasteiger charge is 2.17. The molecule has 3 N–H and O–H groups in total. The number of carbonyl (C=O) groups is 1. The summed E-state index contributed by atoms with van der Waals surface area (Å²) in [6.45, 7) is -0.587. The first-order valence-electron chi connectivity index (χ1n) is 6.57. The number of hydrogen-bond donors (Lipinski definition) is 3. The van der Waals surface area contributed by atoms with Crippen molar-refractivity contribution in [1.29, 1.82) is 0 Å². The van der Waals surface area contributed by atoms with Crippen molar-refractivity contribution < 1.29 is 25.2 Å². The van der Waals surface area contributed by atoms with Gasteiger partial charge in [-0.2, -0.15) is 9.96 Å². The summed E-state index contributed by atoms with van der Waals surface area (Å²) in [4.78, 5) is 24.4. The van der Waals surface area contributed by atoms with Gasteiger partial charge in [0.05, 0.1) is 5.52 Å². The van der Waals surface area contributed by atoms with Crippen LogP contribution in [0.4, 0.5) is 5.69 Å². The van der Waals surface area contributed by atoms with E-state index in [1.807, 2.05) is 0 Å². The molecule has 3 rings (SSSR count). The zero-order chi connectivity index (χ0) is 16.4. The number of hydrogen-bond acceptors (Lipinski definition) is 6. The van der Waals surface area contributed by atoms with Gasteiger partial charge in [0.1, 0.15) is 5.52 Å².